The zero-order chi connectivity index (χ0) is 26.7. The first-order valence-corrected chi connectivity index (χ1v) is 11.7. The number of benzene rings is 3. The van der Waals surface area contributed by atoms with Gasteiger partial charge in [0.1, 0.15) is 5.82 Å². The third-order valence-electron chi connectivity index (χ3n) is 5.45. The summed E-state index contributed by atoms with van der Waals surface area (Å²) < 4.78 is 48.1. The predicted octanol–water partition coefficient (Wildman–Crippen LogP) is 6.41. The molecule has 0 saturated heterocycles. The molecule has 0 bridgehead atoms. The van der Waals surface area contributed by atoms with Crippen LogP contribution in [0.5, 0.6) is 5.88 Å². The Morgan fingerprint density at radius 3 is 2.21 bits per heavy atom. The number of rotatable bonds is 7. The molecule has 5 rings (SSSR count). The maximum absolute atomic E-state index is 13.4. The quantitative estimate of drug-likeness (QED) is 0.260. The Hall–Kier alpha value is -4.57. The number of para-hydroxylation sites is 2. The van der Waals surface area contributed by atoms with E-state index in [4.69, 9.17) is 16.3 Å². The van der Waals surface area contributed by atoms with Crippen LogP contribution in [0.15, 0.2) is 97.1 Å². The van der Waals surface area contributed by atoms with Gasteiger partial charge in [-0.05, 0) is 24.3 Å². The molecular formula is C27H19ClF3N5O2. The molecule has 0 saturated carbocycles. The highest BCUT2D eigenvalue weighted by atomic mass is 35.5. The Morgan fingerprint density at radius 1 is 0.868 bits per heavy atom. The van der Waals surface area contributed by atoms with Gasteiger partial charge in [-0.25, -0.2) is 4.68 Å². The van der Waals surface area contributed by atoms with Gasteiger partial charge in [0, 0.05) is 17.7 Å². The molecule has 0 aliphatic heterocycles. The van der Waals surface area contributed by atoms with Crippen molar-refractivity contribution in [2.24, 2.45) is 0 Å². The maximum Gasteiger partial charge on any atom is 0.435 e. The first kappa shape index (κ1) is 25.1. The van der Waals surface area contributed by atoms with Gasteiger partial charge in [0.05, 0.1) is 22.1 Å². The van der Waals surface area contributed by atoms with Crippen LogP contribution in [0.2, 0.25) is 5.02 Å². The first-order valence-electron chi connectivity index (χ1n) is 11.4. The summed E-state index contributed by atoms with van der Waals surface area (Å²) in [4.78, 5) is 12.9. The summed E-state index contributed by atoms with van der Waals surface area (Å²) in [6, 6.07) is 27.3. The number of anilines is 1. The molecule has 5 aromatic rings. The molecule has 38 heavy (non-hydrogen) atoms. The molecule has 11 heteroatoms. The summed E-state index contributed by atoms with van der Waals surface area (Å²) in [5.41, 5.74) is 1.17. The molecule has 1 N–H and O–H groups in total. The molecule has 1 amide bonds. The van der Waals surface area contributed by atoms with Crippen LogP contribution in [-0.4, -0.2) is 32.1 Å². The van der Waals surface area contributed by atoms with Crippen molar-refractivity contribution < 1.29 is 22.7 Å². The van der Waals surface area contributed by atoms with Crippen LogP contribution < -0.4 is 10.1 Å². The van der Waals surface area contributed by atoms with Gasteiger partial charge in [0.2, 0.25) is 5.88 Å². The lowest BCUT2D eigenvalue weighted by atomic mass is 10.2. The van der Waals surface area contributed by atoms with Crippen molar-refractivity contribution in [2.75, 3.05) is 11.9 Å². The third-order valence-corrected chi connectivity index (χ3v) is 5.77. The fourth-order valence-corrected chi connectivity index (χ4v) is 3.92. The second kappa shape index (κ2) is 10.4. The summed E-state index contributed by atoms with van der Waals surface area (Å²) in [6.07, 6.45) is -4.72. The van der Waals surface area contributed by atoms with Crippen LogP contribution in [0, 0.1) is 0 Å². The molecule has 0 radical (unpaired) electrons. The van der Waals surface area contributed by atoms with E-state index in [0.29, 0.717) is 17.2 Å². The standard InChI is InChI=1S/C27H19ClF3N5O2/c28-20-13-7-8-14-22(20)36-26(16-23(34-36)27(29,30)31)38-17-25(37)32-24-15-21(18-9-3-1-4-10-18)33-35(24)19-11-5-2-6-12-19/h1-16H,17H2,(H,32,37). The average molecular weight is 538 g/mol. The average Bonchev–Trinajstić information content (AvgIpc) is 3.54. The van der Waals surface area contributed by atoms with Gasteiger partial charge in [-0.1, -0.05) is 72.3 Å². The van der Waals surface area contributed by atoms with Crippen LogP contribution in [0.1, 0.15) is 5.69 Å². The highest BCUT2D eigenvalue weighted by Crippen LogP contribution is 2.33. The van der Waals surface area contributed by atoms with Crippen molar-refractivity contribution in [2.45, 2.75) is 6.18 Å². The summed E-state index contributed by atoms with van der Waals surface area (Å²) >= 11 is 6.17. The van der Waals surface area contributed by atoms with Gasteiger partial charge in [-0.15, -0.1) is 0 Å². The van der Waals surface area contributed by atoms with E-state index in [1.165, 1.54) is 12.1 Å². The number of nitrogens with zero attached hydrogens (tertiary/aromatic N) is 4. The molecule has 0 unspecified atom stereocenters. The zero-order valence-corrected chi connectivity index (χ0v) is 20.3. The summed E-state index contributed by atoms with van der Waals surface area (Å²) in [5.74, 6) is -0.538. The van der Waals surface area contributed by atoms with Crippen LogP contribution in [0.3, 0.4) is 0 Å². The number of ether oxygens (including phenoxy) is 1. The molecule has 0 spiro atoms. The monoisotopic (exact) mass is 537 g/mol. The lowest BCUT2D eigenvalue weighted by Gasteiger charge is -2.11. The van der Waals surface area contributed by atoms with Crippen molar-refractivity contribution in [3.8, 4) is 28.5 Å². The Kier molecular flexibility index (Phi) is 6.89. The summed E-state index contributed by atoms with van der Waals surface area (Å²) in [7, 11) is 0. The lowest BCUT2D eigenvalue weighted by Crippen LogP contribution is -2.22. The van der Waals surface area contributed by atoms with Crippen molar-refractivity contribution in [3.63, 3.8) is 0 Å². The summed E-state index contributed by atoms with van der Waals surface area (Å²) in [6.45, 7) is -0.589. The van der Waals surface area contributed by atoms with Crippen LogP contribution in [0.25, 0.3) is 22.6 Å². The highest BCUT2D eigenvalue weighted by molar-refractivity contribution is 6.32. The van der Waals surface area contributed by atoms with E-state index in [0.717, 1.165) is 16.3 Å². The topological polar surface area (TPSA) is 74.0 Å². The van der Waals surface area contributed by atoms with Gasteiger partial charge in [0.15, 0.2) is 12.3 Å². The number of carbonyl (C=O) groups is 1. The number of hydrogen-bond donors (Lipinski definition) is 1. The largest absolute Gasteiger partial charge is 0.467 e. The number of alkyl halides is 3. The molecule has 0 aliphatic rings. The molecule has 7 nitrogen and oxygen atoms in total. The molecule has 3 aromatic carbocycles. The number of carbonyl (C=O) groups excluding carboxylic acids is 1. The minimum atomic E-state index is -4.72. The fourth-order valence-electron chi connectivity index (χ4n) is 3.71. The third kappa shape index (κ3) is 5.40. The molecule has 0 fully saturated rings. The Balaban J connectivity index is 1.40. The molecule has 2 heterocycles. The van der Waals surface area contributed by atoms with E-state index in [9.17, 15) is 18.0 Å². The summed E-state index contributed by atoms with van der Waals surface area (Å²) in [5, 5.41) is 11.1. The Bertz CT molecular complexity index is 1570. The normalized spacial score (nSPS) is 11.4. The van der Waals surface area contributed by atoms with E-state index in [2.05, 4.69) is 15.5 Å². The fraction of sp³-hybridized carbons (Fsp3) is 0.0741. The predicted molar refractivity (Wildman–Crippen MR) is 137 cm³/mol. The molecular weight excluding hydrogens is 519 g/mol. The smallest absolute Gasteiger partial charge is 0.435 e. The van der Waals surface area contributed by atoms with Crippen molar-refractivity contribution in [1.29, 1.82) is 0 Å². The molecule has 0 aliphatic carbocycles. The number of hydrogen-bond acceptors (Lipinski definition) is 4. The van der Waals surface area contributed by atoms with E-state index < -0.39 is 24.4 Å². The van der Waals surface area contributed by atoms with Gasteiger partial charge < -0.3 is 10.1 Å². The second-order valence-electron chi connectivity index (χ2n) is 8.09. The van der Waals surface area contributed by atoms with Gasteiger partial charge in [-0.2, -0.15) is 28.1 Å². The van der Waals surface area contributed by atoms with Crippen molar-refractivity contribution in [3.05, 3.63) is 108 Å². The highest BCUT2D eigenvalue weighted by Gasteiger charge is 2.36. The Morgan fingerprint density at radius 2 is 1.53 bits per heavy atom. The van der Waals surface area contributed by atoms with Crippen LogP contribution in [-0.2, 0) is 11.0 Å². The minimum Gasteiger partial charge on any atom is -0.467 e. The van der Waals surface area contributed by atoms with Crippen molar-refractivity contribution >= 4 is 23.3 Å². The Labute approximate surface area is 220 Å². The lowest BCUT2D eigenvalue weighted by molar-refractivity contribution is -0.141. The minimum absolute atomic E-state index is 0.166. The van der Waals surface area contributed by atoms with E-state index in [-0.39, 0.29) is 16.6 Å². The first-order chi connectivity index (χ1) is 18.3. The van der Waals surface area contributed by atoms with E-state index in [1.54, 1.807) is 22.9 Å². The SMILES string of the molecule is O=C(COc1cc(C(F)(F)F)nn1-c1ccccc1Cl)Nc1cc(-c2ccccc2)nn1-c1ccccc1. The van der Waals surface area contributed by atoms with E-state index >= 15 is 0 Å². The number of nitrogens with one attached hydrogen (secondary N) is 1. The van der Waals surface area contributed by atoms with Gasteiger partial charge in [0.25, 0.3) is 5.91 Å². The number of aromatic nitrogens is 4. The van der Waals surface area contributed by atoms with Gasteiger partial charge in [-0.3, -0.25) is 4.79 Å². The zero-order valence-electron chi connectivity index (χ0n) is 19.6. The van der Waals surface area contributed by atoms with Crippen LogP contribution >= 0.6 is 11.6 Å². The number of amides is 1. The van der Waals surface area contributed by atoms with Gasteiger partial charge >= 0.3 is 6.18 Å². The maximum atomic E-state index is 13.4. The molecule has 192 valence electrons. The molecule has 0 atom stereocenters. The van der Waals surface area contributed by atoms with Crippen molar-refractivity contribution in [1.82, 2.24) is 19.6 Å². The van der Waals surface area contributed by atoms with E-state index in [1.807, 2.05) is 60.7 Å². The van der Waals surface area contributed by atoms with Crippen LogP contribution in [0.4, 0.5) is 19.0 Å². The number of halogens is 4. The second-order valence-corrected chi connectivity index (χ2v) is 8.50. The molecule has 2 aromatic heterocycles.